The molecule has 0 amide bonds. The van der Waals surface area contributed by atoms with Crippen molar-refractivity contribution in [1.29, 1.82) is 5.26 Å². The summed E-state index contributed by atoms with van der Waals surface area (Å²) in [5.41, 5.74) is -0.363. The largest absolute Gasteiger partial charge is 0.388 e. The lowest BCUT2D eigenvalue weighted by Crippen LogP contribution is -2.49. The number of nitriles is 1. The molecule has 1 fully saturated rings. The first-order valence-corrected chi connectivity index (χ1v) is 7.96. The molecule has 0 spiro atoms. The fourth-order valence-corrected chi connectivity index (χ4v) is 3.28. The standard InChI is InChI=1S/C17H20FN5O/c1-22-12-20-21-15(22)8-17(24)6-3-7-23(11-17)10-14-5-2-4-13(9-19)16(14)18/h2,4-5,12,24H,3,6-8,10-11H2,1H3. The molecule has 3 rings (SSSR count). The van der Waals surface area contributed by atoms with Crippen molar-refractivity contribution in [1.82, 2.24) is 19.7 Å². The number of halogens is 1. The number of hydrogen-bond donors (Lipinski definition) is 1. The van der Waals surface area contributed by atoms with Gasteiger partial charge in [0.2, 0.25) is 0 Å². The van der Waals surface area contributed by atoms with Crippen LogP contribution in [0.1, 0.15) is 29.8 Å². The number of rotatable bonds is 4. The van der Waals surface area contributed by atoms with E-state index in [1.807, 2.05) is 18.0 Å². The van der Waals surface area contributed by atoms with Crippen molar-refractivity contribution in [2.75, 3.05) is 13.1 Å². The summed E-state index contributed by atoms with van der Waals surface area (Å²) in [5.74, 6) is 0.263. The van der Waals surface area contributed by atoms with E-state index in [0.717, 1.165) is 18.8 Å². The smallest absolute Gasteiger partial charge is 0.145 e. The van der Waals surface area contributed by atoms with Gasteiger partial charge >= 0.3 is 0 Å². The van der Waals surface area contributed by atoms with Gasteiger partial charge < -0.3 is 9.67 Å². The highest BCUT2D eigenvalue weighted by molar-refractivity contribution is 5.34. The topological polar surface area (TPSA) is 78.0 Å². The van der Waals surface area contributed by atoms with Crippen LogP contribution in [0, 0.1) is 17.1 Å². The Kier molecular flexibility index (Phi) is 4.60. The highest BCUT2D eigenvalue weighted by Gasteiger charge is 2.35. The fourth-order valence-electron chi connectivity index (χ4n) is 3.28. The van der Waals surface area contributed by atoms with Crippen molar-refractivity contribution in [2.45, 2.75) is 31.4 Å². The summed E-state index contributed by atoms with van der Waals surface area (Å²) in [4.78, 5) is 2.03. The predicted octanol–water partition coefficient (Wildman–Crippen LogP) is 1.40. The minimum absolute atomic E-state index is 0.0545. The first-order chi connectivity index (χ1) is 11.5. The second kappa shape index (κ2) is 6.67. The van der Waals surface area contributed by atoms with E-state index in [-0.39, 0.29) is 5.56 Å². The summed E-state index contributed by atoms with van der Waals surface area (Å²) in [6.45, 7) is 1.61. The zero-order chi connectivity index (χ0) is 17.2. The third-order valence-corrected chi connectivity index (χ3v) is 4.52. The van der Waals surface area contributed by atoms with Gasteiger partial charge in [0.15, 0.2) is 0 Å². The van der Waals surface area contributed by atoms with Gasteiger partial charge in [0.25, 0.3) is 0 Å². The Morgan fingerprint density at radius 3 is 3.00 bits per heavy atom. The van der Waals surface area contributed by atoms with Gasteiger partial charge in [-0.05, 0) is 25.5 Å². The van der Waals surface area contributed by atoms with Crippen molar-refractivity contribution >= 4 is 0 Å². The number of nitrogens with zero attached hydrogens (tertiary/aromatic N) is 5. The van der Waals surface area contributed by atoms with Gasteiger partial charge in [-0.25, -0.2) is 4.39 Å². The van der Waals surface area contributed by atoms with Gasteiger partial charge in [0, 0.05) is 32.1 Å². The molecule has 0 radical (unpaired) electrons. The van der Waals surface area contributed by atoms with Gasteiger partial charge in [-0.15, -0.1) is 10.2 Å². The number of hydrogen-bond acceptors (Lipinski definition) is 5. The molecule has 24 heavy (non-hydrogen) atoms. The summed E-state index contributed by atoms with van der Waals surface area (Å²) in [7, 11) is 1.85. The van der Waals surface area contributed by atoms with Gasteiger partial charge in [-0.3, -0.25) is 4.90 Å². The summed E-state index contributed by atoms with van der Waals surface area (Å²) in [5, 5.41) is 27.7. The Labute approximate surface area is 140 Å². The van der Waals surface area contributed by atoms with E-state index in [1.165, 1.54) is 6.07 Å². The SMILES string of the molecule is Cn1cnnc1CC1(O)CCCN(Cc2cccc(C#N)c2F)C1. The predicted molar refractivity (Wildman–Crippen MR) is 85.3 cm³/mol. The van der Waals surface area contributed by atoms with Crippen LogP contribution in [0.3, 0.4) is 0 Å². The lowest BCUT2D eigenvalue weighted by Gasteiger charge is -2.39. The van der Waals surface area contributed by atoms with Crippen molar-refractivity contribution in [3.05, 3.63) is 47.3 Å². The molecule has 7 heteroatoms. The number of aliphatic hydroxyl groups is 1. The first kappa shape index (κ1) is 16.6. The van der Waals surface area contributed by atoms with Crippen molar-refractivity contribution < 1.29 is 9.50 Å². The number of aryl methyl sites for hydroxylation is 1. The lowest BCUT2D eigenvalue weighted by molar-refractivity contribution is -0.0347. The highest BCUT2D eigenvalue weighted by Crippen LogP contribution is 2.26. The zero-order valence-electron chi connectivity index (χ0n) is 13.6. The van der Waals surface area contributed by atoms with E-state index in [9.17, 15) is 9.50 Å². The van der Waals surface area contributed by atoms with Crippen LogP contribution in [0.15, 0.2) is 24.5 Å². The number of piperidine rings is 1. The Bertz CT molecular complexity index is 769. The van der Waals surface area contributed by atoms with Gasteiger partial charge in [0.05, 0.1) is 11.2 Å². The second-order valence-corrected chi connectivity index (χ2v) is 6.46. The minimum Gasteiger partial charge on any atom is -0.388 e. The summed E-state index contributed by atoms with van der Waals surface area (Å²) in [6, 6.07) is 6.71. The van der Waals surface area contributed by atoms with E-state index in [4.69, 9.17) is 5.26 Å². The molecular formula is C17H20FN5O. The normalized spacial score (nSPS) is 21.6. The summed E-state index contributed by atoms with van der Waals surface area (Å²) < 4.78 is 16.0. The van der Waals surface area contributed by atoms with Crippen LogP contribution in [-0.2, 0) is 20.0 Å². The van der Waals surface area contributed by atoms with E-state index in [2.05, 4.69) is 10.2 Å². The molecule has 1 N–H and O–H groups in total. The molecule has 1 atom stereocenters. The van der Waals surface area contributed by atoms with E-state index >= 15 is 0 Å². The highest BCUT2D eigenvalue weighted by atomic mass is 19.1. The average molecular weight is 329 g/mol. The maximum atomic E-state index is 14.2. The van der Waals surface area contributed by atoms with Gasteiger partial charge in [-0.1, -0.05) is 12.1 Å². The molecule has 2 heterocycles. The summed E-state index contributed by atoms with van der Waals surface area (Å²) >= 11 is 0. The van der Waals surface area contributed by atoms with E-state index in [0.29, 0.717) is 31.5 Å². The Balaban J connectivity index is 1.72. The maximum Gasteiger partial charge on any atom is 0.145 e. The third kappa shape index (κ3) is 3.45. The molecule has 0 bridgehead atoms. The second-order valence-electron chi connectivity index (χ2n) is 6.46. The van der Waals surface area contributed by atoms with E-state index in [1.54, 1.807) is 23.0 Å². The van der Waals surface area contributed by atoms with Crippen LogP contribution in [0.25, 0.3) is 0 Å². The Morgan fingerprint density at radius 1 is 1.46 bits per heavy atom. The van der Waals surface area contributed by atoms with E-state index < -0.39 is 11.4 Å². The molecule has 1 aromatic carbocycles. The lowest BCUT2D eigenvalue weighted by atomic mass is 9.89. The third-order valence-electron chi connectivity index (χ3n) is 4.52. The molecular weight excluding hydrogens is 309 g/mol. The number of aromatic nitrogens is 3. The molecule has 1 saturated heterocycles. The average Bonchev–Trinajstić information content (AvgIpc) is 2.94. The van der Waals surface area contributed by atoms with Crippen LogP contribution in [0.4, 0.5) is 4.39 Å². The maximum absolute atomic E-state index is 14.2. The monoisotopic (exact) mass is 329 g/mol. The molecule has 1 aromatic heterocycles. The molecule has 6 nitrogen and oxygen atoms in total. The van der Waals surface area contributed by atoms with Crippen LogP contribution >= 0.6 is 0 Å². The summed E-state index contributed by atoms with van der Waals surface area (Å²) in [6.07, 6.45) is 3.54. The quantitative estimate of drug-likeness (QED) is 0.917. The van der Waals surface area contributed by atoms with Crippen molar-refractivity contribution in [3.63, 3.8) is 0 Å². The molecule has 1 unspecified atom stereocenters. The van der Waals surface area contributed by atoms with Gasteiger partial charge in [0.1, 0.15) is 24.0 Å². The molecule has 0 saturated carbocycles. The van der Waals surface area contributed by atoms with Crippen LogP contribution in [-0.4, -0.2) is 43.5 Å². The number of likely N-dealkylation sites (tertiary alicyclic amines) is 1. The molecule has 1 aliphatic rings. The van der Waals surface area contributed by atoms with Gasteiger partial charge in [-0.2, -0.15) is 5.26 Å². The zero-order valence-corrected chi connectivity index (χ0v) is 13.6. The number of β-amino-alcohol motifs (C(OH)–C–C–N with tert-alkyl or cyclic N) is 1. The molecule has 0 aliphatic carbocycles. The van der Waals surface area contributed by atoms with Crippen LogP contribution < -0.4 is 0 Å². The Hall–Kier alpha value is -2.30. The number of benzene rings is 1. The minimum atomic E-state index is -0.900. The van der Waals surface area contributed by atoms with Crippen LogP contribution in [0.5, 0.6) is 0 Å². The first-order valence-electron chi connectivity index (χ1n) is 7.96. The van der Waals surface area contributed by atoms with Crippen molar-refractivity contribution in [2.24, 2.45) is 7.05 Å². The Morgan fingerprint density at radius 2 is 2.29 bits per heavy atom. The van der Waals surface area contributed by atoms with Crippen LogP contribution in [0.2, 0.25) is 0 Å². The molecule has 1 aliphatic heterocycles. The molecule has 2 aromatic rings. The molecule has 126 valence electrons. The van der Waals surface area contributed by atoms with Crippen molar-refractivity contribution in [3.8, 4) is 6.07 Å². The fraction of sp³-hybridized carbons (Fsp3) is 0.471.